The first-order valence-corrected chi connectivity index (χ1v) is 5.41. The van der Waals surface area contributed by atoms with Crippen molar-refractivity contribution < 1.29 is 24.8 Å². The van der Waals surface area contributed by atoms with Crippen molar-refractivity contribution in [3.8, 4) is 0 Å². The van der Waals surface area contributed by atoms with E-state index in [1.807, 2.05) is 0 Å². The van der Waals surface area contributed by atoms with Gasteiger partial charge in [-0.15, -0.1) is 0 Å². The summed E-state index contributed by atoms with van der Waals surface area (Å²) >= 11 is 0. The summed E-state index contributed by atoms with van der Waals surface area (Å²) < 4.78 is 5.22. The van der Waals surface area contributed by atoms with Gasteiger partial charge in [-0.25, -0.2) is 9.63 Å². The Morgan fingerprint density at radius 2 is 2.00 bits per heavy atom. The maximum absolute atomic E-state index is 11.8. The topological polar surface area (TPSA) is 79.2 Å². The van der Waals surface area contributed by atoms with E-state index in [0.29, 0.717) is 11.1 Å². The van der Waals surface area contributed by atoms with Crippen LogP contribution in [-0.2, 0) is 16.2 Å². The van der Waals surface area contributed by atoms with Gasteiger partial charge in [0, 0.05) is 0 Å². The molecule has 6 nitrogen and oxygen atoms in total. The van der Waals surface area contributed by atoms with Gasteiger partial charge in [-0.1, -0.05) is 12.1 Å². The molecule has 1 aromatic rings. The summed E-state index contributed by atoms with van der Waals surface area (Å²) in [5.41, 5.74) is 0.441. The third-order valence-corrected chi connectivity index (χ3v) is 1.91. The van der Waals surface area contributed by atoms with Crippen LogP contribution in [0.4, 0.5) is 0 Å². The zero-order valence-corrected chi connectivity index (χ0v) is 10.6. The van der Waals surface area contributed by atoms with E-state index in [0.717, 1.165) is 0 Å². The van der Waals surface area contributed by atoms with Crippen LogP contribution in [0.25, 0.3) is 0 Å². The van der Waals surface area contributed by atoms with Gasteiger partial charge >= 0.3 is 5.97 Å². The molecule has 0 bridgehead atoms. The highest BCUT2D eigenvalue weighted by molar-refractivity contribution is 5.89. The molecule has 0 saturated carbocycles. The molecular weight excluding hydrogens is 238 g/mol. The standard InChI is InChI=1S/C12H17NO5/c1-12(2,3)18-11(14)10-6-4-5-9(7-10)8-17-13(15)16/h4-7,15-16H,8H2,1-3H3. The molecule has 0 spiro atoms. The minimum absolute atomic E-state index is 0.0658. The molecule has 6 heteroatoms. The summed E-state index contributed by atoms with van der Waals surface area (Å²) in [6, 6.07) is 6.54. The molecule has 0 radical (unpaired) electrons. The lowest BCUT2D eigenvalue weighted by molar-refractivity contribution is -0.497. The number of carbonyl (C=O) groups excluding carboxylic acids is 1. The lowest BCUT2D eigenvalue weighted by Gasteiger charge is -2.19. The highest BCUT2D eigenvalue weighted by atomic mass is 17.1. The first-order valence-electron chi connectivity index (χ1n) is 5.41. The summed E-state index contributed by atoms with van der Waals surface area (Å²) in [6.45, 7) is 5.29. The Hall–Kier alpha value is -1.47. The molecule has 0 atom stereocenters. The third-order valence-electron chi connectivity index (χ3n) is 1.91. The van der Waals surface area contributed by atoms with Crippen molar-refractivity contribution in [2.24, 2.45) is 0 Å². The van der Waals surface area contributed by atoms with Gasteiger partial charge in [-0.05, 0) is 38.5 Å². The van der Waals surface area contributed by atoms with Gasteiger partial charge in [0.1, 0.15) is 5.60 Å². The van der Waals surface area contributed by atoms with Crippen LogP contribution in [-0.4, -0.2) is 27.4 Å². The van der Waals surface area contributed by atoms with E-state index in [-0.39, 0.29) is 12.0 Å². The molecule has 0 amide bonds. The van der Waals surface area contributed by atoms with Crippen molar-refractivity contribution >= 4 is 5.97 Å². The van der Waals surface area contributed by atoms with Crippen LogP contribution in [0.15, 0.2) is 24.3 Å². The molecule has 0 unspecified atom stereocenters. The Labute approximate surface area is 105 Å². The van der Waals surface area contributed by atoms with Gasteiger partial charge in [-0.3, -0.25) is 10.4 Å². The van der Waals surface area contributed by atoms with Gasteiger partial charge < -0.3 is 4.74 Å². The fraction of sp³-hybridized carbons (Fsp3) is 0.417. The van der Waals surface area contributed by atoms with Crippen LogP contribution in [0.1, 0.15) is 36.7 Å². The molecule has 1 rings (SSSR count). The van der Waals surface area contributed by atoms with Crippen LogP contribution >= 0.6 is 0 Å². The quantitative estimate of drug-likeness (QED) is 0.634. The fourth-order valence-corrected chi connectivity index (χ4v) is 1.26. The zero-order chi connectivity index (χ0) is 13.8. The largest absolute Gasteiger partial charge is 0.456 e. The highest BCUT2D eigenvalue weighted by Gasteiger charge is 2.17. The molecule has 0 aliphatic heterocycles. The van der Waals surface area contributed by atoms with Crippen LogP contribution in [0.3, 0.4) is 0 Å². The second kappa shape index (κ2) is 5.92. The molecule has 0 aliphatic rings. The maximum atomic E-state index is 11.8. The van der Waals surface area contributed by atoms with Crippen LogP contribution in [0.2, 0.25) is 0 Å². The maximum Gasteiger partial charge on any atom is 0.338 e. The van der Waals surface area contributed by atoms with Crippen molar-refractivity contribution in [3.63, 3.8) is 0 Å². The fourth-order valence-electron chi connectivity index (χ4n) is 1.26. The monoisotopic (exact) mass is 255 g/mol. The van der Waals surface area contributed by atoms with Gasteiger partial charge in [0.2, 0.25) is 0 Å². The molecule has 0 fully saturated rings. The predicted molar refractivity (Wildman–Crippen MR) is 61.8 cm³/mol. The molecule has 0 aliphatic carbocycles. The van der Waals surface area contributed by atoms with E-state index in [1.54, 1.807) is 45.0 Å². The van der Waals surface area contributed by atoms with Gasteiger partial charge in [-0.2, -0.15) is 0 Å². The molecule has 0 aromatic heterocycles. The third kappa shape index (κ3) is 5.24. The number of hydrogen-bond donors (Lipinski definition) is 2. The van der Waals surface area contributed by atoms with Crippen LogP contribution in [0.5, 0.6) is 0 Å². The Kier molecular flexibility index (Phi) is 4.80. The summed E-state index contributed by atoms with van der Waals surface area (Å²) in [7, 11) is 0. The average molecular weight is 255 g/mol. The Bertz CT molecular complexity index is 411. The number of benzene rings is 1. The van der Waals surface area contributed by atoms with Crippen LogP contribution < -0.4 is 0 Å². The van der Waals surface area contributed by atoms with Crippen LogP contribution in [0, 0.1) is 0 Å². The highest BCUT2D eigenvalue weighted by Crippen LogP contribution is 2.13. The molecule has 0 heterocycles. The predicted octanol–water partition coefficient (Wildman–Crippen LogP) is 2.15. The first-order chi connectivity index (χ1) is 8.28. The molecule has 0 saturated heterocycles. The minimum atomic E-state index is -0.559. The molecule has 100 valence electrons. The van der Waals surface area contributed by atoms with E-state index in [9.17, 15) is 4.79 Å². The summed E-state index contributed by atoms with van der Waals surface area (Å²) in [5, 5.41) is 16.5. The second-order valence-corrected chi connectivity index (χ2v) is 4.73. The average Bonchev–Trinajstić information content (AvgIpc) is 2.24. The summed E-state index contributed by atoms with van der Waals surface area (Å²) in [4.78, 5) is 16.2. The summed E-state index contributed by atoms with van der Waals surface area (Å²) in [6.07, 6.45) is 0. The van der Waals surface area contributed by atoms with Crippen molar-refractivity contribution in [1.82, 2.24) is 5.39 Å². The second-order valence-electron chi connectivity index (χ2n) is 4.73. The van der Waals surface area contributed by atoms with Gasteiger partial charge in [0.05, 0.1) is 17.6 Å². The number of nitrogens with zero attached hydrogens (tertiary/aromatic N) is 1. The van der Waals surface area contributed by atoms with E-state index >= 15 is 0 Å². The van der Waals surface area contributed by atoms with E-state index in [2.05, 4.69) is 4.84 Å². The van der Waals surface area contributed by atoms with Gasteiger partial charge in [0.15, 0.2) is 0 Å². The Morgan fingerprint density at radius 1 is 1.33 bits per heavy atom. The van der Waals surface area contributed by atoms with E-state index in [4.69, 9.17) is 15.2 Å². The number of rotatable bonds is 4. The lowest BCUT2D eigenvalue weighted by atomic mass is 10.1. The van der Waals surface area contributed by atoms with E-state index < -0.39 is 11.6 Å². The summed E-state index contributed by atoms with van der Waals surface area (Å²) in [5.74, 6) is -0.436. The molecule has 1 aromatic carbocycles. The van der Waals surface area contributed by atoms with E-state index in [1.165, 1.54) is 0 Å². The smallest absolute Gasteiger partial charge is 0.338 e. The van der Waals surface area contributed by atoms with Gasteiger partial charge in [0.25, 0.3) is 0 Å². The number of hydrogen-bond acceptors (Lipinski definition) is 6. The first kappa shape index (κ1) is 14.6. The van der Waals surface area contributed by atoms with Crippen molar-refractivity contribution in [2.45, 2.75) is 33.0 Å². The number of carbonyl (C=O) groups is 1. The number of esters is 1. The SMILES string of the molecule is CC(C)(C)OC(=O)c1cccc(CON(O)O)c1. The van der Waals surface area contributed by atoms with Crippen molar-refractivity contribution in [1.29, 1.82) is 0 Å². The Morgan fingerprint density at radius 3 is 2.56 bits per heavy atom. The van der Waals surface area contributed by atoms with Crippen molar-refractivity contribution in [2.75, 3.05) is 0 Å². The lowest BCUT2D eigenvalue weighted by Crippen LogP contribution is -2.24. The molecule has 18 heavy (non-hydrogen) atoms. The minimum Gasteiger partial charge on any atom is -0.456 e. The zero-order valence-electron chi connectivity index (χ0n) is 10.6. The number of ether oxygens (including phenoxy) is 1. The normalized spacial score (nSPS) is 11.7. The van der Waals surface area contributed by atoms with Crippen molar-refractivity contribution in [3.05, 3.63) is 35.4 Å². The molecular formula is C12H17NO5. The Balaban J connectivity index is 2.72. The molecule has 2 N–H and O–H groups in total.